The highest BCUT2D eigenvalue weighted by atomic mass is 16.2. The fraction of sp³-hybridized carbons (Fsp3) is 0.636. The molecule has 2 heterocycles. The van der Waals surface area contributed by atoms with E-state index in [0.717, 1.165) is 38.0 Å². The van der Waals surface area contributed by atoms with E-state index in [1.807, 2.05) is 4.90 Å². The van der Waals surface area contributed by atoms with Gasteiger partial charge in [-0.1, -0.05) is 6.92 Å². The first-order valence-electron chi connectivity index (χ1n) is 5.53. The van der Waals surface area contributed by atoms with E-state index in [0.29, 0.717) is 0 Å². The molecule has 1 N–H and O–H groups in total. The monoisotopic (exact) mass is 207 g/mol. The Labute approximate surface area is 89.7 Å². The first-order chi connectivity index (χ1) is 7.22. The zero-order valence-electron chi connectivity index (χ0n) is 9.34. The maximum Gasteiger partial charge on any atom is 0.219 e. The van der Waals surface area contributed by atoms with E-state index in [4.69, 9.17) is 0 Å². The minimum absolute atomic E-state index is 0.158. The van der Waals surface area contributed by atoms with Gasteiger partial charge in [0.25, 0.3) is 0 Å². The van der Waals surface area contributed by atoms with Crippen molar-refractivity contribution in [3.05, 3.63) is 17.0 Å². The molecule has 0 aromatic carbocycles. The van der Waals surface area contributed by atoms with Crippen molar-refractivity contribution < 1.29 is 4.79 Å². The Balaban J connectivity index is 2.29. The number of aromatic amines is 1. The second-order valence-electron chi connectivity index (χ2n) is 4.03. The van der Waals surface area contributed by atoms with Gasteiger partial charge in [0.15, 0.2) is 0 Å². The van der Waals surface area contributed by atoms with E-state index in [-0.39, 0.29) is 5.91 Å². The van der Waals surface area contributed by atoms with Crippen molar-refractivity contribution >= 4 is 5.91 Å². The molecule has 0 bridgehead atoms. The molecule has 4 heteroatoms. The molecular formula is C11H17N3O. The molecule has 1 aliphatic rings. The van der Waals surface area contributed by atoms with E-state index >= 15 is 0 Å². The number of aromatic nitrogens is 2. The third kappa shape index (κ3) is 1.89. The molecule has 4 nitrogen and oxygen atoms in total. The van der Waals surface area contributed by atoms with Crippen molar-refractivity contribution in [2.75, 3.05) is 6.54 Å². The SMILES string of the molecule is CCc1n[nH]c2c1CN(C(C)=O)CCC2. The van der Waals surface area contributed by atoms with E-state index in [2.05, 4.69) is 17.1 Å². The van der Waals surface area contributed by atoms with Gasteiger partial charge in [0.1, 0.15) is 0 Å². The number of rotatable bonds is 1. The number of carbonyl (C=O) groups excluding carboxylic acids is 1. The highest BCUT2D eigenvalue weighted by Gasteiger charge is 2.20. The molecule has 0 unspecified atom stereocenters. The molecule has 1 amide bonds. The quantitative estimate of drug-likeness (QED) is 0.753. The van der Waals surface area contributed by atoms with Gasteiger partial charge >= 0.3 is 0 Å². The summed E-state index contributed by atoms with van der Waals surface area (Å²) < 4.78 is 0. The van der Waals surface area contributed by atoms with E-state index < -0.39 is 0 Å². The van der Waals surface area contributed by atoms with Gasteiger partial charge in [0, 0.05) is 31.3 Å². The summed E-state index contributed by atoms with van der Waals surface area (Å²) in [5, 5.41) is 7.38. The number of fused-ring (bicyclic) bond motifs is 1. The normalized spacial score (nSPS) is 16.0. The highest BCUT2D eigenvalue weighted by Crippen LogP contribution is 2.20. The zero-order valence-corrected chi connectivity index (χ0v) is 9.34. The first kappa shape index (κ1) is 10.2. The number of nitrogens with zero attached hydrogens (tertiary/aromatic N) is 2. The molecule has 0 saturated carbocycles. The molecule has 0 saturated heterocycles. The van der Waals surface area contributed by atoms with Crippen molar-refractivity contribution in [2.24, 2.45) is 0 Å². The molecule has 2 rings (SSSR count). The van der Waals surface area contributed by atoms with E-state index in [1.165, 1.54) is 11.3 Å². The minimum atomic E-state index is 0.158. The fourth-order valence-electron chi connectivity index (χ4n) is 2.12. The van der Waals surface area contributed by atoms with Gasteiger partial charge in [-0.3, -0.25) is 9.89 Å². The van der Waals surface area contributed by atoms with Gasteiger partial charge in [-0.25, -0.2) is 0 Å². The average Bonchev–Trinajstić information content (AvgIpc) is 2.46. The van der Waals surface area contributed by atoms with Gasteiger partial charge in [0.05, 0.1) is 5.69 Å². The number of nitrogens with one attached hydrogen (secondary N) is 1. The smallest absolute Gasteiger partial charge is 0.219 e. The Morgan fingerprint density at radius 3 is 3.07 bits per heavy atom. The Morgan fingerprint density at radius 1 is 1.60 bits per heavy atom. The van der Waals surface area contributed by atoms with Crippen LogP contribution in [0.15, 0.2) is 0 Å². The van der Waals surface area contributed by atoms with Crippen LogP contribution in [0.25, 0.3) is 0 Å². The van der Waals surface area contributed by atoms with Gasteiger partial charge in [-0.15, -0.1) is 0 Å². The van der Waals surface area contributed by atoms with Crippen LogP contribution in [0.3, 0.4) is 0 Å². The van der Waals surface area contributed by atoms with Crippen LogP contribution in [0.1, 0.15) is 37.2 Å². The standard InChI is InChI=1S/C11H17N3O/c1-3-10-9-7-14(8(2)15)6-4-5-11(9)13-12-10/h3-7H2,1-2H3,(H,12,13). The van der Waals surface area contributed by atoms with Crippen LogP contribution >= 0.6 is 0 Å². The second kappa shape index (κ2) is 4.04. The number of amides is 1. The molecule has 15 heavy (non-hydrogen) atoms. The minimum Gasteiger partial charge on any atom is -0.338 e. The molecule has 0 radical (unpaired) electrons. The maximum atomic E-state index is 11.4. The lowest BCUT2D eigenvalue weighted by Crippen LogP contribution is -2.28. The lowest BCUT2D eigenvalue weighted by Gasteiger charge is -2.18. The summed E-state index contributed by atoms with van der Waals surface area (Å²) in [6.07, 6.45) is 2.96. The summed E-state index contributed by atoms with van der Waals surface area (Å²) in [6, 6.07) is 0. The second-order valence-corrected chi connectivity index (χ2v) is 4.03. The summed E-state index contributed by atoms with van der Waals surface area (Å²) in [7, 11) is 0. The maximum absolute atomic E-state index is 11.4. The van der Waals surface area contributed by atoms with Gasteiger partial charge < -0.3 is 4.90 Å². The summed E-state index contributed by atoms with van der Waals surface area (Å²) in [4.78, 5) is 13.3. The van der Waals surface area contributed by atoms with Gasteiger partial charge in [-0.2, -0.15) is 5.10 Å². The summed E-state index contributed by atoms with van der Waals surface area (Å²) >= 11 is 0. The van der Waals surface area contributed by atoms with Crippen LogP contribution in [0.5, 0.6) is 0 Å². The Bertz CT molecular complexity index is 370. The van der Waals surface area contributed by atoms with Crippen molar-refractivity contribution in [2.45, 2.75) is 39.7 Å². The Kier molecular flexibility index (Phi) is 2.75. The third-order valence-electron chi connectivity index (χ3n) is 3.02. The number of hydrogen-bond donors (Lipinski definition) is 1. The van der Waals surface area contributed by atoms with Gasteiger partial charge in [-0.05, 0) is 19.3 Å². The third-order valence-corrected chi connectivity index (χ3v) is 3.02. The predicted molar refractivity (Wildman–Crippen MR) is 57.4 cm³/mol. The molecule has 1 aromatic rings. The number of carbonyl (C=O) groups is 1. The highest BCUT2D eigenvalue weighted by molar-refractivity contribution is 5.73. The predicted octanol–water partition coefficient (Wildman–Crippen LogP) is 1.27. The van der Waals surface area contributed by atoms with E-state index in [1.54, 1.807) is 6.92 Å². The van der Waals surface area contributed by atoms with Crippen LogP contribution in [-0.2, 0) is 24.2 Å². The molecule has 0 fully saturated rings. The van der Waals surface area contributed by atoms with Crippen LogP contribution in [0.2, 0.25) is 0 Å². The first-order valence-corrected chi connectivity index (χ1v) is 5.53. The van der Waals surface area contributed by atoms with Crippen LogP contribution in [-0.4, -0.2) is 27.5 Å². The fourth-order valence-corrected chi connectivity index (χ4v) is 2.12. The van der Waals surface area contributed by atoms with E-state index in [9.17, 15) is 4.79 Å². The summed E-state index contributed by atoms with van der Waals surface area (Å²) in [5.74, 6) is 0.158. The molecule has 0 atom stereocenters. The van der Waals surface area contributed by atoms with Gasteiger partial charge in [0.2, 0.25) is 5.91 Å². The molecule has 1 aliphatic heterocycles. The van der Waals surface area contributed by atoms with Crippen molar-refractivity contribution in [3.8, 4) is 0 Å². The molecule has 1 aromatic heterocycles. The number of H-pyrrole nitrogens is 1. The number of hydrogen-bond acceptors (Lipinski definition) is 2. The van der Waals surface area contributed by atoms with Crippen molar-refractivity contribution in [1.29, 1.82) is 0 Å². The Morgan fingerprint density at radius 2 is 2.40 bits per heavy atom. The van der Waals surface area contributed by atoms with Crippen LogP contribution in [0.4, 0.5) is 0 Å². The molecule has 82 valence electrons. The lowest BCUT2D eigenvalue weighted by atomic mass is 10.1. The molecular weight excluding hydrogens is 190 g/mol. The summed E-state index contributed by atoms with van der Waals surface area (Å²) in [5.41, 5.74) is 3.57. The molecule has 0 aliphatic carbocycles. The Hall–Kier alpha value is -1.32. The average molecular weight is 207 g/mol. The lowest BCUT2D eigenvalue weighted by molar-refractivity contribution is -0.129. The zero-order chi connectivity index (χ0) is 10.8. The van der Waals surface area contributed by atoms with Crippen molar-refractivity contribution in [1.82, 2.24) is 15.1 Å². The molecule has 0 spiro atoms. The summed E-state index contributed by atoms with van der Waals surface area (Å²) in [6.45, 7) is 5.32. The number of aryl methyl sites for hydroxylation is 2. The van der Waals surface area contributed by atoms with Crippen LogP contribution in [0, 0.1) is 0 Å². The topological polar surface area (TPSA) is 49.0 Å². The largest absolute Gasteiger partial charge is 0.338 e. The van der Waals surface area contributed by atoms with Crippen LogP contribution < -0.4 is 0 Å². The van der Waals surface area contributed by atoms with Crippen molar-refractivity contribution in [3.63, 3.8) is 0 Å².